The van der Waals surface area contributed by atoms with E-state index in [1.807, 2.05) is 42.6 Å². The molecule has 0 spiro atoms. The summed E-state index contributed by atoms with van der Waals surface area (Å²) in [5.74, 6) is 0.783. The molecule has 2 heterocycles. The molecule has 0 saturated carbocycles. The summed E-state index contributed by atoms with van der Waals surface area (Å²) in [6.45, 7) is 0.456. The molecular weight excluding hydrogens is 338 g/mol. The second-order valence-corrected chi connectivity index (χ2v) is 6.48. The lowest BCUT2D eigenvalue weighted by Gasteiger charge is -2.09. The zero-order valence-electron chi connectivity index (χ0n) is 15.2. The molecule has 27 heavy (non-hydrogen) atoms. The molecule has 2 N–H and O–H groups in total. The van der Waals surface area contributed by atoms with E-state index in [0.717, 1.165) is 33.4 Å². The first kappa shape index (κ1) is 17.1. The minimum Gasteiger partial charge on any atom is -0.496 e. The minimum absolute atomic E-state index is 0.00160. The van der Waals surface area contributed by atoms with Gasteiger partial charge in [0.05, 0.1) is 18.8 Å². The van der Waals surface area contributed by atoms with Crippen LogP contribution >= 0.6 is 0 Å². The number of pyridine rings is 1. The number of amides is 1. The van der Waals surface area contributed by atoms with E-state index in [2.05, 4.69) is 33.5 Å². The van der Waals surface area contributed by atoms with Gasteiger partial charge in [0.1, 0.15) is 5.75 Å². The molecule has 0 aliphatic heterocycles. The Labute approximate surface area is 157 Å². The molecule has 5 heteroatoms. The maximum absolute atomic E-state index is 12.2. The number of hydrogen-bond donors (Lipinski definition) is 2. The van der Waals surface area contributed by atoms with Gasteiger partial charge in [0, 0.05) is 40.5 Å². The maximum Gasteiger partial charge on any atom is 0.220 e. The zero-order chi connectivity index (χ0) is 18.6. The van der Waals surface area contributed by atoms with Gasteiger partial charge in [-0.05, 0) is 24.6 Å². The van der Waals surface area contributed by atoms with E-state index in [0.29, 0.717) is 19.4 Å². The van der Waals surface area contributed by atoms with Gasteiger partial charge in [-0.15, -0.1) is 0 Å². The third-order valence-corrected chi connectivity index (χ3v) is 4.72. The number of carbonyl (C=O) groups excluding carboxylic acids is 1. The highest BCUT2D eigenvalue weighted by Crippen LogP contribution is 2.25. The van der Waals surface area contributed by atoms with Crippen LogP contribution in [0, 0.1) is 0 Å². The van der Waals surface area contributed by atoms with Crippen molar-refractivity contribution in [2.45, 2.75) is 19.4 Å². The van der Waals surface area contributed by atoms with Gasteiger partial charge in [-0.2, -0.15) is 0 Å². The van der Waals surface area contributed by atoms with E-state index >= 15 is 0 Å². The van der Waals surface area contributed by atoms with Gasteiger partial charge >= 0.3 is 0 Å². The molecular formula is C22H21N3O2. The number of aromatic amines is 1. The molecule has 0 radical (unpaired) electrons. The van der Waals surface area contributed by atoms with Crippen molar-refractivity contribution in [3.05, 3.63) is 72.1 Å². The highest BCUT2D eigenvalue weighted by Gasteiger charge is 2.08. The number of rotatable bonds is 6. The Morgan fingerprint density at radius 2 is 1.89 bits per heavy atom. The number of aromatic nitrogens is 2. The number of para-hydroxylation sites is 2. The monoisotopic (exact) mass is 359 g/mol. The summed E-state index contributed by atoms with van der Waals surface area (Å²) < 4.78 is 5.31. The zero-order valence-corrected chi connectivity index (χ0v) is 15.2. The molecule has 2 aromatic carbocycles. The van der Waals surface area contributed by atoms with Gasteiger partial charge in [0.25, 0.3) is 0 Å². The number of ether oxygens (including phenoxy) is 1. The molecule has 2 aromatic heterocycles. The smallest absolute Gasteiger partial charge is 0.220 e. The van der Waals surface area contributed by atoms with Crippen molar-refractivity contribution in [2.24, 2.45) is 0 Å². The van der Waals surface area contributed by atoms with Crippen LogP contribution in [0.2, 0.25) is 0 Å². The lowest BCUT2D eigenvalue weighted by Crippen LogP contribution is -2.23. The molecule has 4 aromatic rings. The summed E-state index contributed by atoms with van der Waals surface area (Å²) in [6, 6.07) is 18.0. The summed E-state index contributed by atoms with van der Waals surface area (Å²) >= 11 is 0. The summed E-state index contributed by atoms with van der Waals surface area (Å²) in [6.07, 6.45) is 2.85. The van der Waals surface area contributed by atoms with Gasteiger partial charge in [-0.3, -0.25) is 9.78 Å². The first-order valence-electron chi connectivity index (χ1n) is 8.98. The van der Waals surface area contributed by atoms with E-state index in [4.69, 9.17) is 4.74 Å². The second kappa shape index (κ2) is 7.50. The molecule has 1 amide bonds. The number of nitrogens with zero attached hydrogens (tertiary/aromatic N) is 1. The Balaban J connectivity index is 1.40. The predicted octanol–water partition coefficient (Wildman–Crippen LogP) is 3.97. The van der Waals surface area contributed by atoms with Gasteiger partial charge in [-0.1, -0.05) is 36.4 Å². The first-order chi connectivity index (χ1) is 13.2. The number of H-pyrrole nitrogens is 1. The maximum atomic E-state index is 12.2. The fourth-order valence-electron chi connectivity index (χ4n) is 3.30. The first-order valence-corrected chi connectivity index (χ1v) is 8.98. The van der Waals surface area contributed by atoms with Crippen molar-refractivity contribution in [3.8, 4) is 5.75 Å². The number of hydrogen-bond acceptors (Lipinski definition) is 3. The number of methoxy groups -OCH3 is 1. The topological polar surface area (TPSA) is 67.0 Å². The van der Waals surface area contributed by atoms with Crippen LogP contribution in [0.3, 0.4) is 0 Å². The Bertz CT molecular complexity index is 1100. The second-order valence-electron chi connectivity index (χ2n) is 6.48. The molecule has 0 bridgehead atoms. The van der Waals surface area contributed by atoms with Gasteiger partial charge in [-0.25, -0.2) is 0 Å². The lowest BCUT2D eigenvalue weighted by molar-refractivity contribution is -0.121. The van der Waals surface area contributed by atoms with E-state index in [-0.39, 0.29) is 5.91 Å². The third-order valence-electron chi connectivity index (χ3n) is 4.72. The molecule has 0 saturated heterocycles. The average Bonchev–Trinajstić information content (AvgIpc) is 3.09. The van der Waals surface area contributed by atoms with Gasteiger partial charge < -0.3 is 15.0 Å². The Morgan fingerprint density at radius 3 is 2.78 bits per heavy atom. The van der Waals surface area contributed by atoms with Gasteiger partial charge in [0.15, 0.2) is 0 Å². The molecule has 0 aliphatic rings. The van der Waals surface area contributed by atoms with E-state index in [1.54, 1.807) is 7.11 Å². The highest BCUT2D eigenvalue weighted by molar-refractivity contribution is 6.06. The molecule has 0 fully saturated rings. The van der Waals surface area contributed by atoms with Crippen molar-refractivity contribution in [1.29, 1.82) is 0 Å². The number of fused-ring (bicyclic) bond motifs is 3. The van der Waals surface area contributed by atoms with Crippen molar-refractivity contribution in [3.63, 3.8) is 0 Å². The summed E-state index contributed by atoms with van der Waals surface area (Å²) in [5.41, 5.74) is 3.99. The summed E-state index contributed by atoms with van der Waals surface area (Å²) in [5, 5.41) is 5.27. The Morgan fingerprint density at radius 1 is 1.07 bits per heavy atom. The van der Waals surface area contributed by atoms with Crippen molar-refractivity contribution >= 4 is 27.7 Å². The van der Waals surface area contributed by atoms with E-state index in [9.17, 15) is 4.79 Å². The molecule has 136 valence electrons. The number of nitrogens with one attached hydrogen (secondary N) is 2. The largest absolute Gasteiger partial charge is 0.496 e. The highest BCUT2D eigenvalue weighted by atomic mass is 16.5. The van der Waals surface area contributed by atoms with Crippen LogP contribution < -0.4 is 10.1 Å². The normalized spacial score (nSPS) is 11.0. The molecule has 4 rings (SSSR count). The number of aryl methyl sites for hydroxylation is 1. The molecule has 0 unspecified atom stereocenters. The van der Waals surface area contributed by atoms with E-state index in [1.165, 1.54) is 5.39 Å². The number of benzene rings is 2. The van der Waals surface area contributed by atoms with Crippen molar-refractivity contribution in [1.82, 2.24) is 15.3 Å². The van der Waals surface area contributed by atoms with Crippen LogP contribution in [-0.4, -0.2) is 23.0 Å². The molecule has 0 atom stereocenters. The van der Waals surface area contributed by atoms with Crippen LogP contribution in [0.5, 0.6) is 5.75 Å². The third kappa shape index (κ3) is 3.62. The molecule has 0 aliphatic carbocycles. The van der Waals surface area contributed by atoms with Crippen LogP contribution in [-0.2, 0) is 17.8 Å². The van der Waals surface area contributed by atoms with Crippen molar-refractivity contribution < 1.29 is 9.53 Å². The predicted molar refractivity (Wildman–Crippen MR) is 107 cm³/mol. The minimum atomic E-state index is 0.00160. The average molecular weight is 359 g/mol. The van der Waals surface area contributed by atoms with E-state index < -0.39 is 0 Å². The van der Waals surface area contributed by atoms with Crippen LogP contribution in [0.4, 0.5) is 0 Å². The number of carbonyl (C=O) groups is 1. The quantitative estimate of drug-likeness (QED) is 0.547. The molecule has 5 nitrogen and oxygen atoms in total. The fraction of sp³-hybridized carbons (Fsp3) is 0.182. The van der Waals surface area contributed by atoms with Crippen LogP contribution in [0.15, 0.2) is 60.8 Å². The summed E-state index contributed by atoms with van der Waals surface area (Å²) in [7, 11) is 1.63. The SMILES string of the molecule is COc1ccccc1CNC(=O)CCc1cc2c(cn1)[nH]c1ccccc12. The lowest BCUT2D eigenvalue weighted by atomic mass is 10.1. The van der Waals surface area contributed by atoms with Crippen molar-refractivity contribution in [2.75, 3.05) is 7.11 Å². The fourth-order valence-corrected chi connectivity index (χ4v) is 3.30. The van der Waals surface area contributed by atoms with Crippen LogP contribution in [0.1, 0.15) is 17.7 Å². The Hall–Kier alpha value is -3.34. The Kier molecular flexibility index (Phi) is 4.75. The standard InChI is InChI=1S/C22H21N3O2/c1-27-21-9-5-2-6-15(21)13-24-22(26)11-10-16-12-18-17-7-3-4-8-19(17)25-20(18)14-23-16/h2-9,12,14,25H,10-11,13H2,1H3,(H,24,26). The van der Waals surface area contributed by atoms with Crippen LogP contribution in [0.25, 0.3) is 21.8 Å². The summed E-state index contributed by atoms with van der Waals surface area (Å²) in [4.78, 5) is 20.1. The van der Waals surface area contributed by atoms with Gasteiger partial charge in [0.2, 0.25) is 5.91 Å².